The molecule has 1 nitrogen and oxygen atoms in total. The van der Waals surface area contributed by atoms with E-state index < -0.39 is 0 Å². The van der Waals surface area contributed by atoms with Gasteiger partial charge in [0.15, 0.2) is 0 Å². The second-order valence-electron chi connectivity index (χ2n) is 3.43. The second kappa shape index (κ2) is 7.16. The highest BCUT2D eigenvalue weighted by Crippen LogP contribution is 2.24. The molecule has 0 unspecified atom stereocenters. The fourth-order valence-corrected chi connectivity index (χ4v) is 1.88. The first-order chi connectivity index (χ1) is 5.97. The van der Waals surface area contributed by atoms with Crippen LogP contribution in [0.5, 0.6) is 0 Å². The normalized spacial score (nSPS) is 16.6. The maximum Gasteiger partial charge on any atom is -0.00431 e. The Balaban J connectivity index is 0.000000845. The lowest BCUT2D eigenvalue weighted by Gasteiger charge is -2.22. The first-order valence-electron chi connectivity index (χ1n) is 4.72. The van der Waals surface area contributed by atoms with E-state index >= 15 is 0 Å². The summed E-state index contributed by atoms with van der Waals surface area (Å²) in [5.74, 6) is 0.799. The van der Waals surface area contributed by atoms with E-state index in [4.69, 9.17) is 0 Å². The molecule has 0 radical (unpaired) electrons. The average Bonchev–Trinajstić information content (AvgIpc) is 2.21. The van der Waals surface area contributed by atoms with Gasteiger partial charge >= 0.3 is 0 Å². The number of rotatable bonds is 1. The predicted molar refractivity (Wildman–Crippen MR) is 68.9 cm³/mol. The van der Waals surface area contributed by atoms with Gasteiger partial charge in [-0.1, -0.05) is 30.3 Å². The van der Waals surface area contributed by atoms with Crippen molar-refractivity contribution in [2.24, 2.45) is 0 Å². The maximum atomic E-state index is 3.38. The molecular formula is C11H18ClNS. The Kier molecular flexibility index (Phi) is 7.06. The molecule has 0 aliphatic carbocycles. The monoisotopic (exact) mass is 231 g/mol. The van der Waals surface area contributed by atoms with E-state index in [1.54, 1.807) is 0 Å². The molecule has 1 aliphatic rings. The Morgan fingerprint density at radius 1 is 1.00 bits per heavy atom. The van der Waals surface area contributed by atoms with Crippen LogP contribution in [0.2, 0.25) is 0 Å². The molecule has 80 valence electrons. The molecule has 0 atom stereocenters. The highest BCUT2D eigenvalue weighted by atomic mass is 35.5. The van der Waals surface area contributed by atoms with Crippen molar-refractivity contribution in [3.63, 3.8) is 0 Å². The first-order valence-corrected chi connectivity index (χ1v) is 4.72. The van der Waals surface area contributed by atoms with Gasteiger partial charge in [0.25, 0.3) is 0 Å². The van der Waals surface area contributed by atoms with Gasteiger partial charge in [0.05, 0.1) is 0 Å². The lowest BCUT2D eigenvalue weighted by Crippen LogP contribution is -2.26. The van der Waals surface area contributed by atoms with Crippen molar-refractivity contribution in [3.05, 3.63) is 35.9 Å². The zero-order chi connectivity index (χ0) is 8.23. The Morgan fingerprint density at radius 2 is 1.57 bits per heavy atom. The van der Waals surface area contributed by atoms with Crippen LogP contribution < -0.4 is 5.32 Å². The van der Waals surface area contributed by atoms with E-state index in [2.05, 4.69) is 35.6 Å². The molecule has 2 rings (SSSR count). The molecule has 0 spiro atoms. The van der Waals surface area contributed by atoms with Gasteiger partial charge in [-0.15, -0.1) is 12.4 Å². The minimum absolute atomic E-state index is 0. The third kappa shape index (κ3) is 3.52. The number of benzene rings is 1. The van der Waals surface area contributed by atoms with E-state index in [1.165, 1.54) is 31.5 Å². The molecule has 0 amide bonds. The van der Waals surface area contributed by atoms with E-state index in [1.807, 2.05) is 0 Å². The summed E-state index contributed by atoms with van der Waals surface area (Å²) in [5.41, 5.74) is 1.51. The lowest BCUT2D eigenvalue weighted by molar-refractivity contribution is 0.460. The summed E-state index contributed by atoms with van der Waals surface area (Å²) in [6.07, 6.45) is 2.59. The van der Waals surface area contributed by atoms with Crippen molar-refractivity contribution in [2.75, 3.05) is 13.1 Å². The summed E-state index contributed by atoms with van der Waals surface area (Å²) in [5, 5.41) is 3.38. The van der Waals surface area contributed by atoms with Crippen LogP contribution in [0.3, 0.4) is 0 Å². The van der Waals surface area contributed by atoms with Crippen molar-refractivity contribution in [1.82, 2.24) is 5.32 Å². The summed E-state index contributed by atoms with van der Waals surface area (Å²) in [6.45, 7) is 2.36. The van der Waals surface area contributed by atoms with Crippen LogP contribution in [-0.2, 0) is 0 Å². The van der Waals surface area contributed by atoms with Crippen LogP contribution >= 0.6 is 25.9 Å². The van der Waals surface area contributed by atoms with Gasteiger partial charge in [-0.25, -0.2) is 0 Å². The average molecular weight is 232 g/mol. The molecule has 1 heterocycles. The van der Waals surface area contributed by atoms with E-state index in [0.717, 1.165) is 5.92 Å². The molecule has 0 bridgehead atoms. The molecule has 1 fully saturated rings. The van der Waals surface area contributed by atoms with Gasteiger partial charge in [0, 0.05) is 0 Å². The zero-order valence-corrected chi connectivity index (χ0v) is 10.0. The molecule has 1 N–H and O–H groups in total. The van der Waals surface area contributed by atoms with Crippen LogP contribution in [-0.4, -0.2) is 13.1 Å². The predicted octanol–water partition coefficient (Wildman–Crippen LogP) is 2.69. The van der Waals surface area contributed by atoms with Crippen molar-refractivity contribution in [1.29, 1.82) is 0 Å². The molecule has 0 aromatic heterocycles. The van der Waals surface area contributed by atoms with E-state index in [9.17, 15) is 0 Å². The van der Waals surface area contributed by atoms with Crippen LogP contribution in [0.25, 0.3) is 0 Å². The Hall–Kier alpha value is -0.180. The number of hydrogen-bond donors (Lipinski definition) is 1. The first kappa shape index (κ1) is 13.8. The van der Waals surface area contributed by atoms with Gasteiger partial charge in [0.2, 0.25) is 0 Å². The molecule has 1 aliphatic heterocycles. The molecule has 1 aromatic carbocycles. The van der Waals surface area contributed by atoms with E-state index in [-0.39, 0.29) is 25.9 Å². The molecule has 14 heavy (non-hydrogen) atoms. The quantitative estimate of drug-likeness (QED) is 0.784. The molecule has 1 aromatic rings. The molecular weight excluding hydrogens is 214 g/mol. The fourth-order valence-electron chi connectivity index (χ4n) is 1.88. The minimum Gasteiger partial charge on any atom is -0.317 e. The largest absolute Gasteiger partial charge is 0.317 e. The Bertz CT molecular complexity index is 234. The number of piperidine rings is 1. The summed E-state index contributed by atoms with van der Waals surface area (Å²) >= 11 is 0. The van der Waals surface area contributed by atoms with Crippen molar-refractivity contribution < 1.29 is 0 Å². The fraction of sp³-hybridized carbons (Fsp3) is 0.455. The summed E-state index contributed by atoms with van der Waals surface area (Å²) < 4.78 is 0. The van der Waals surface area contributed by atoms with Crippen LogP contribution in [0.15, 0.2) is 30.3 Å². The van der Waals surface area contributed by atoms with Gasteiger partial charge in [-0.3, -0.25) is 0 Å². The SMILES string of the molecule is Cl.S.c1ccc(C2CCNCC2)cc1. The lowest BCUT2D eigenvalue weighted by atomic mass is 9.90. The highest BCUT2D eigenvalue weighted by Gasteiger charge is 2.13. The summed E-state index contributed by atoms with van der Waals surface area (Å²) in [6, 6.07) is 10.9. The third-order valence-electron chi connectivity index (χ3n) is 2.61. The number of hydrogen-bond acceptors (Lipinski definition) is 1. The maximum absolute atomic E-state index is 3.38. The van der Waals surface area contributed by atoms with Crippen molar-refractivity contribution >= 4 is 25.9 Å². The Labute approximate surface area is 99.1 Å². The molecule has 3 heteroatoms. The number of halogens is 1. The topological polar surface area (TPSA) is 12.0 Å². The van der Waals surface area contributed by atoms with Crippen LogP contribution in [0.1, 0.15) is 24.3 Å². The smallest absolute Gasteiger partial charge is 0.00431 e. The second-order valence-corrected chi connectivity index (χ2v) is 3.43. The Morgan fingerprint density at radius 3 is 2.14 bits per heavy atom. The van der Waals surface area contributed by atoms with Gasteiger partial charge < -0.3 is 5.32 Å². The van der Waals surface area contributed by atoms with Gasteiger partial charge in [-0.2, -0.15) is 13.5 Å². The summed E-state index contributed by atoms with van der Waals surface area (Å²) in [7, 11) is 0. The van der Waals surface area contributed by atoms with Gasteiger partial charge in [-0.05, 0) is 37.4 Å². The van der Waals surface area contributed by atoms with Gasteiger partial charge in [0.1, 0.15) is 0 Å². The minimum atomic E-state index is 0. The zero-order valence-electron chi connectivity index (χ0n) is 8.20. The summed E-state index contributed by atoms with van der Waals surface area (Å²) in [4.78, 5) is 0. The molecule has 1 saturated heterocycles. The van der Waals surface area contributed by atoms with Crippen LogP contribution in [0.4, 0.5) is 0 Å². The van der Waals surface area contributed by atoms with Crippen LogP contribution in [0, 0.1) is 0 Å². The van der Waals surface area contributed by atoms with E-state index in [0.29, 0.717) is 0 Å². The standard InChI is InChI=1S/C11H15N.ClH.H2S/c1-2-4-10(5-3-1)11-6-8-12-9-7-11;;/h1-5,11-12H,6-9H2;1H;1H2. The van der Waals surface area contributed by atoms with Crippen molar-refractivity contribution in [2.45, 2.75) is 18.8 Å². The molecule has 0 saturated carbocycles. The van der Waals surface area contributed by atoms with Crippen molar-refractivity contribution in [3.8, 4) is 0 Å². The third-order valence-corrected chi connectivity index (χ3v) is 2.61. The number of nitrogens with one attached hydrogen (secondary N) is 1. The highest BCUT2D eigenvalue weighted by molar-refractivity contribution is 7.59.